The van der Waals surface area contributed by atoms with Gasteiger partial charge < -0.3 is 9.64 Å². The Bertz CT molecular complexity index is 934. The number of amides is 3. The van der Waals surface area contributed by atoms with Gasteiger partial charge in [-0.05, 0) is 37.3 Å². The van der Waals surface area contributed by atoms with Crippen molar-refractivity contribution in [2.75, 3.05) is 23.0 Å². The van der Waals surface area contributed by atoms with Crippen molar-refractivity contribution in [3.63, 3.8) is 0 Å². The second-order valence-electron chi connectivity index (χ2n) is 5.95. The second-order valence-corrected chi connectivity index (χ2v) is 5.95. The van der Waals surface area contributed by atoms with Gasteiger partial charge in [-0.1, -0.05) is 24.3 Å². The van der Waals surface area contributed by atoms with E-state index in [0.717, 1.165) is 17.1 Å². The molecule has 1 heterocycles. The minimum absolute atomic E-state index is 0.139. The zero-order valence-electron chi connectivity index (χ0n) is 15.2. The van der Waals surface area contributed by atoms with Crippen LogP contribution in [0.5, 0.6) is 0 Å². The molecule has 7 nitrogen and oxygen atoms in total. The number of likely N-dealkylation sites (N-methyl/N-ethyl adjacent to an activating group) is 1. The van der Waals surface area contributed by atoms with E-state index in [1.54, 1.807) is 18.2 Å². The van der Waals surface area contributed by atoms with Crippen molar-refractivity contribution in [2.24, 2.45) is 0 Å². The largest absolute Gasteiger partial charge is 0.452 e. The van der Waals surface area contributed by atoms with Crippen LogP contribution in [-0.2, 0) is 19.1 Å². The molecule has 3 amide bonds. The number of carbonyl (C=O) groups excluding carboxylic acids is 4. The highest BCUT2D eigenvalue weighted by Gasteiger charge is 2.26. The van der Waals surface area contributed by atoms with E-state index in [-0.39, 0.29) is 17.2 Å². The number of nitrogens with zero attached hydrogens (tertiary/aromatic N) is 2. The minimum atomic E-state index is -0.716. The predicted octanol–water partition coefficient (Wildman–Crippen LogP) is 2.33. The fraction of sp³-hybridized carbons (Fsp3) is 0.143. The number of benzene rings is 2. The summed E-state index contributed by atoms with van der Waals surface area (Å²) in [5.41, 5.74) is 1.12. The molecule has 1 aliphatic rings. The van der Waals surface area contributed by atoms with Crippen molar-refractivity contribution in [1.82, 2.24) is 0 Å². The summed E-state index contributed by atoms with van der Waals surface area (Å²) in [6, 6.07) is 15.0. The van der Waals surface area contributed by atoms with Gasteiger partial charge in [0.25, 0.3) is 17.7 Å². The molecular formula is C21H18N2O5. The number of hydrogen-bond acceptors (Lipinski definition) is 5. The Morgan fingerprint density at radius 3 is 2.29 bits per heavy atom. The predicted molar refractivity (Wildman–Crippen MR) is 103 cm³/mol. The van der Waals surface area contributed by atoms with E-state index in [1.165, 1.54) is 23.1 Å². The van der Waals surface area contributed by atoms with Gasteiger partial charge in [0, 0.05) is 24.4 Å². The van der Waals surface area contributed by atoms with Crippen LogP contribution in [0.1, 0.15) is 17.3 Å². The smallest absolute Gasteiger partial charge is 0.338 e. The molecule has 3 rings (SSSR count). The van der Waals surface area contributed by atoms with Gasteiger partial charge in [0.2, 0.25) is 0 Å². The van der Waals surface area contributed by atoms with Crippen LogP contribution in [0.15, 0.2) is 66.7 Å². The summed E-state index contributed by atoms with van der Waals surface area (Å²) >= 11 is 0. The fourth-order valence-corrected chi connectivity index (χ4v) is 2.83. The lowest BCUT2D eigenvalue weighted by Gasteiger charge is -2.20. The van der Waals surface area contributed by atoms with Crippen LogP contribution in [0.4, 0.5) is 11.4 Å². The molecule has 0 saturated heterocycles. The number of anilines is 2. The number of esters is 1. The highest BCUT2D eigenvalue weighted by Crippen LogP contribution is 2.21. The van der Waals surface area contributed by atoms with Crippen LogP contribution in [0, 0.1) is 0 Å². The molecule has 28 heavy (non-hydrogen) atoms. The average Bonchev–Trinajstić information content (AvgIpc) is 3.05. The lowest BCUT2D eigenvalue weighted by atomic mass is 10.2. The third kappa shape index (κ3) is 3.98. The van der Waals surface area contributed by atoms with E-state index >= 15 is 0 Å². The molecular weight excluding hydrogens is 360 g/mol. The van der Waals surface area contributed by atoms with Crippen LogP contribution in [0.3, 0.4) is 0 Å². The Kier molecular flexibility index (Phi) is 5.64. The van der Waals surface area contributed by atoms with Gasteiger partial charge in [-0.15, -0.1) is 0 Å². The molecule has 0 saturated carbocycles. The number of para-hydroxylation sites is 1. The number of carbonyl (C=O) groups is 4. The van der Waals surface area contributed by atoms with Gasteiger partial charge in [0.1, 0.15) is 0 Å². The van der Waals surface area contributed by atoms with Gasteiger partial charge in [0.05, 0.1) is 11.3 Å². The zero-order chi connectivity index (χ0) is 20.1. The van der Waals surface area contributed by atoms with Gasteiger partial charge in [-0.25, -0.2) is 9.69 Å². The first-order chi connectivity index (χ1) is 13.5. The van der Waals surface area contributed by atoms with Crippen LogP contribution in [0.2, 0.25) is 0 Å². The monoisotopic (exact) mass is 378 g/mol. The first-order valence-corrected chi connectivity index (χ1v) is 8.70. The van der Waals surface area contributed by atoms with Gasteiger partial charge in [-0.3, -0.25) is 14.4 Å². The van der Waals surface area contributed by atoms with Gasteiger partial charge in [-0.2, -0.15) is 0 Å². The van der Waals surface area contributed by atoms with Gasteiger partial charge in [0.15, 0.2) is 6.61 Å². The number of rotatable bonds is 6. The summed E-state index contributed by atoms with van der Waals surface area (Å²) in [6.45, 7) is 1.84. The van der Waals surface area contributed by atoms with Crippen molar-refractivity contribution >= 4 is 35.1 Å². The molecule has 0 radical (unpaired) electrons. The van der Waals surface area contributed by atoms with Crippen LogP contribution < -0.4 is 9.80 Å². The molecule has 0 atom stereocenters. The maximum atomic E-state index is 12.4. The zero-order valence-corrected chi connectivity index (χ0v) is 15.2. The minimum Gasteiger partial charge on any atom is -0.452 e. The lowest BCUT2D eigenvalue weighted by Crippen LogP contribution is -2.34. The topological polar surface area (TPSA) is 84.0 Å². The Balaban J connectivity index is 1.67. The molecule has 0 unspecified atom stereocenters. The fourth-order valence-electron chi connectivity index (χ4n) is 2.83. The summed E-state index contributed by atoms with van der Waals surface area (Å²) < 4.78 is 5.13. The molecule has 0 fully saturated rings. The molecule has 2 aromatic rings. The van der Waals surface area contributed by atoms with Crippen molar-refractivity contribution < 1.29 is 23.9 Å². The van der Waals surface area contributed by atoms with E-state index < -0.39 is 24.4 Å². The molecule has 0 N–H and O–H groups in total. The standard InChI is InChI=1S/C21H18N2O5/c1-2-22(16-8-4-3-5-9-16)20(26)14-28-21(27)15-7-6-10-17(13-15)23-18(24)11-12-19(23)25/h3-13H,2,14H2,1H3. The van der Waals surface area contributed by atoms with E-state index in [0.29, 0.717) is 12.2 Å². The Morgan fingerprint density at radius 1 is 0.964 bits per heavy atom. The second kappa shape index (κ2) is 8.30. The van der Waals surface area contributed by atoms with Crippen LogP contribution in [-0.4, -0.2) is 36.8 Å². The average molecular weight is 378 g/mol. The highest BCUT2D eigenvalue weighted by molar-refractivity contribution is 6.28. The maximum absolute atomic E-state index is 12.4. The SMILES string of the molecule is CCN(C(=O)COC(=O)c1cccc(N2C(=O)C=CC2=O)c1)c1ccccc1. The molecule has 1 aliphatic heterocycles. The molecule has 142 valence electrons. The Morgan fingerprint density at radius 2 is 1.64 bits per heavy atom. The van der Waals surface area contributed by atoms with Crippen LogP contribution in [0.25, 0.3) is 0 Å². The quantitative estimate of drug-likeness (QED) is 0.569. The molecule has 0 spiro atoms. The van der Waals surface area contributed by atoms with E-state index in [1.807, 2.05) is 25.1 Å². The van der Waals surface area contributed by atoms with E-state index in [4.69, 9.17) is 4.74 Å². The first kappa shape index (κ1) is 19.0. The lowest BCUT2D eigenvalue weighted by molar-refractivity contribution is -0.122. The maximum Gasteiger partial charge on any atom is 0.338 e. The summed E-state index contributed by atoms with van der Waals surface area (Å²) in [5.74, 6) is -2.03. The van der Waals surface area contributed by atoms with Crippen molar-refractivity contribution in [3.05, 3.63) is 72.3 Å². The number of ether oxygens (including phenoxy) is 1. The molecule has 2 aromatic carbocycles. The highest BCUT2D eigenvalue weighted by atomic mass is 16.5. The summed E-state index contributed by atoms with van der Waals surface area (Å²) in [5, 5.41) is 0. The summed E-state index contributed by atoms with van der Waals surface area (Å²) in [4.78, 5) is 50.8. The molecule has 7 heteroatoms. The normalized spacial score (nSPS) is 13.0. The van der Waals surface area contributed by atoms with Crippen molar-refractivity contribution in [3.8, 4) is 0 Å². The molecule has 0 aliphatic carbocycles. The first-order valence-electron chi connectivity index (χ1n) is 8.70. The van der Waals surface area contributed by atoms with E-state index in [2.05, 4.69) is 0 Å². The molecule has 0 aromatic heterocycles. The Labute approximate surface area is 161 Å². The summed E-state index contributed by atoms with van der Waals surface area (Å²) in [6.07, 6.45) is 2.32. The van der Waals surface area contributed by atoms with Gasteiger partial charge >= 0.3 is 5.97 Å². The van der Waals surface area contributed by atoms with Crippen molar-refractivity contribution in [2.45, 2.75) is 6.92 Å². The summed E-state index contributed by atoms with van der Waals surface area (Å²) in [7, 11) is 0. The van der Waals surface area contributed by atoms with E-state index in [9.17, 15) is 19.2 Å². The Hall–Kier alpha value is -3.74. The number of imide groups is 1. The third-order valence-electron chi connectivity index (χ3n) is 4.16. The van der Waals surface area contributed by atoms with Crippen LogP contribution >= 0.6 is 0 Å². The third-order valence-corrected chi connectivity index (χ3v) is 4.16. The molecule has 0 bridgehead atoms. The number of hydrogen-bond donors (Lipinski definition) is 0. The van der Waals surface area contributed by atoms with Crippen molar-refractivity contribution in [1.29, 1.82) is 0 Å².